The average molecular weight is 380 g/mol. The smallest absolute Gasteiger partial charge is 0.305 e. The van der Waals surface area contributed by atoms with Gasteiger partial charge in [0, 0.05) is 44.9 Å². The Morgan fingerprint density at radius 3 is 2.93 bits per heavy atom. The van der Waals surface area contributed by atoms with E-state index in [1.165, 1.54) is 7.11 Å². The van der Waals surface area contributed by atoms with Crippen LogP contribution in [0.2, 0.25) is 0 Å². The molecule has 1 aromatic rings. The molecule has 8 heteroatoms. The standard InChI is InChI=1S/C19H33N5O3/c1-4-20-19(21-10-8-6-5-7-9-18(25)26-3)24-11-12-27-17(15-24)16-13-22-23(2)14-16/h13-14,17H,4-12,15H2,1-3H3,(H,20,21). The van der Waals surface area contributed by atoms with Crippen molar-refractivity contribution in [3.8, 4) is 0 Å². The summed E-state index contributed by atoms with van der Waals surface area (Å²) >= 11 is 0. The molecule has 27 heavy (non-hydrogen) atoms. The van der Waals surface area contributed by atoms with E-state index in [0.29, 0.717) is 13.0 Å². The average Bonchev–Trinajstić information content (AvgIpc) is 3.12. The van der Waals surface area contributed by atoms with Gasteiger partial charge in [0.15, 0.2) is 5.96 Å². The molecular weight excluding hydrogens is 346 g/mol. The van der Waals surface area contributed by atoms with Crippen LogP contribution in [0, 0.1) is 0 Å². The minimum Gasteiger partial charge on any atom is -0.469 e. The molecule has 1 atom stereocenters. The molecule has 1 saturated heterocycles. The largest absolute Gasteiger partial charge is 0.469 e. The van der Waals surface area contributed by atoms with Gasteiger partial charge < -0.3 is 19.7 Å². The van der Waals surface area contributed by atoms with Crippen molar-refractivity contribution in [1.29, 1.82) is 0 Å². The molecule has 0 amide bonds. The zero-order valence-electron chi connectivity index (χ0n) is 16.8. The Kier molecular flexibility index (Phi) is 9.10. The first kappa shape index (κ1) is 21.2. The van der Waals surface area contributed by atoms with Crippen molar-refractivity contribution in [2.45, 2.75) is 45.1 Å². The van der Waals surface area contributed by atoms with E-state index < -0.39 is 0 Å². The van der Waals surface area contributed by atoms with Crippen LogP contribution in [0.5, 0.6) is 0 Å². The van der Waals surface area contributed by atoms with Crippen molar-refractivity contribution in [2.24, 2.45) is 12.0 Å². The summed E-state index contributed by atoms with van der Waals surface area (Å²) < 4.78 is 12.4. The number of unbranched alkanes of at least 4 members (excludes halogenated alkanes) is 3. The molecule has 0 saturated carbocycles. The van der Waals surface area contributed by atoms with Crippen molar-refractivity contribution in [1.82, 2.24) is 20.0 Å². The molecule has 1 aliphatic rings. The number of aliphatic imine (C=N–C) groups is 1. The van der Waals surface area contributed by atoms with Gasteiger partial charge in [-0.25, -0.2) is 0 Å². The van der Waals surface area contributed by atoms with Crippen molar-refractivity contribution < 1.29 is 14.3 Å². The van der Waals surface area contributed by atoms with Crippen LogP contribution in [-0.4, -0.2) is 66.5 Å². The number of morpholine rings is 1. The molecule has 1 unspecified atom stereocenters. The number of methoxy groups -OCH3 is 1. The normalized spacial score (nSPS) is 17.8. The zero-order valence-corrected chi connectivity index (χ0v) is 16.8. The van der Waals surface area contributed by atoms with Crippen LogP contribution in [0.3, 0.4) is 0 Å². The summed E-state index contributed by atoms with van der Waals surface area (Å²) in [5.41, 5.74) is 1.10. The fraction of sp³-hybridized carbons (Fsp3) is 0.737. The Bertz CT molecular complexity index is 602. The molecule has 1 aliphatic heterocycles. The van der Waals surface area contributed by atoms with Gasteiger partial charge in [0.25, 0.3) is 0 Å². The van der Waals surface area contributed by atoms with Crippen molar-refractivity contribution in [3.63, 3.8) is 0 Å². The number of rotatable bonds is 9. The van der Waals surface area contributed by atoms with Crippen molar-refractivity contribution in [3.05, 3.63) is 18.0 Å². The predicted molar refractivity (Wildman–Crippen MR) is 105 cm³/mol. The summed E-state index contributed by atoms with van der Waals surface area (Å²) in [6.07, 6.45) is 8.41. The van der Waals surface area contributed by atoms with Gasteiger partial charge in [-0.05, 0) is 19.8 Å². The molecule has 1 N–H and O–H groups in total. The van der Waals surface area contributed by atoms with Crippen LogP contribution in [0.25, 0.3) is 0 Å². The number of carbonyl (C=O) groups is 1. The Balaban J connectivity index is 1.78. The molecular formula is C19H33N5O3. The van der Waals surface area contributed by atoms with Gasteiger partial charge in [-0.3, -0.25) is 14.5 Å². The summed E-state index contributed by atoms with van der Waals surface area (Å²) in [4.78, 5) is 18.1. The summed E-state index contributed by atoms with van der Waals surface area (Å²) in [7, 11) is 3.35. The monoisotopic (exact) mass is 379 g/mol. The topological polar surface area (TPSA) is 81.0 Å². The first-order valence-corrected chi connectivity index (χ1v) is 9.84. The highest BCUT2D eigenvalue weighted by Gasteiger charge is 2.25. The van der Waals surface area contributed by atoms with Crippen LogP contribution < -0.4 is 5.32 Å². The number of aryl methyl sites for hydroxylation is 1. The number of nitrogens with one attached hydrogen (secondary N) is 1. The quantitative estimate of drug-likeness (QED) is 0.305. The lowest BCUT2D eigenvalue weighted by Crippen LogP contribution is -2.48. The van der Waals surface area contributed by atoms with Crippen LogP contribution in [0.15, 0.2) is 17.4 Å². The van der Waals surface area contributed by atoms with Gasteiger partial charge in [-0.15, -0.1) is 0 Å². The van der Waals surface area contributed by atoms with E-state index in [1.54, 1.807) is 4.68 Å². The van der Waals surface area contributed by atoms with Crippen molar-refractivity contribution in [2.75, 3.05) is 39.9 Å². The van der Waals surface area contributed by atoms with E-state index in [4.69, 9.17) is 9.73 Å². The molecule has 152 valence electrons. The minimum absolute atomic E-state index is 0.0228. The Morgan fingerprint density at radius 2 is 2.22 bits per heavy atom. The number of aromatic nitrogens is 2. The third-order valence-electron chi connectivity index (χ3n) is 4.58. The predicted octanol–water partition coefficient (Wildman–Crippen LogP) is 1.88. The van der Waals surface area contributed by atoms with Gasteiger partial charge in [-0.1, -0.05) is 12.8 Å². The van der Waals surface area contributed by atoms with E-state index in [0.717, 1.165) is 63.4 Å². The molecule has 1 fully saturated rings. The second kappa shape index (κ2) is 11.6. The summed E-state index contributed by atoms with van der Waals surface area (Å²) in [5, 5.41) is 7.64. The highest BCUT2D eigenvalue weighted by atomic mass is 16.5. The van der Waals surface area contributed by atoms with Crippen LogP contribution >= 0.6 is 0 Å². The van der Waals surface area contributed by atoms with Gasteiger partial charge in [0.05, 0.1) is 26.5 Å². The SMILES string of the molecule is CCNC(=NCCCCCCC(=O)OC)N1CCOC(c2cnn(C)c2)C1. The zero-order chi connectivity index (χ0) is 19.5. The van der Waals surface area contributed by atoms with Crippen LogP contribution in [0.4, 0.5) is 0 Å². The maximum Gasteiger partial charge on any atom is 0.305 e. The van der Waals surface area contributed by atoms with Gasteiger partial charge in [0.2, 0.25) is 0 Å². The number of hydrogen-bond donors (Lipinski definition) is 1. The molecule has 2 rings (SSSR count). The second-order valence-electron chi connectivity index (χ2n) is 6.73. The molecule has 0 radical (unpaired) electrons. The summed E-state index contributed by atoms with van der Waals surface area (Å²) in [6, 6.07) is 0. The first-order chi connectivity index (χ1) is 13.1. The molecule has 2 heterocycles. The Labute approximate surface area is 161 Å². The van der Waals surface area contributed by atoms with E-state index in [9.17, 15) is 4.79 Å². The number of guanidine groups is 1. The lowest BCUT2D eigenvalue weighted by molar-refractivity contribution is -0.140. The molecule has 1 aromatic heterocycles. The van der Waals surface area contributed by atoms with E-state index >= 15 is 0 Å². The summed E-state index contributed by atoms with van der Waals surface area (Å²) in [5.74, 6) is 0.821. The maximum absolute atomic E-state index is 11.1. The molecule has 0 aromatic carbocycles. The fourth-order valence-corrected chi connectivity index (χ4v) is 3.10. The van der Waals surface area contributed by atoms with E-state index in [1.807, 2.05) is 19.4 Å². The molecule has 0 aliphatic carbocycles. The van der Waals surface area contributed by atoms with Gasteiger partial charge in [0.1, 0.15) is 6.10 Å². The number of hydrogen-bond acceptors (Lipinski definition) is 5. The fourth-order valence-electron chi connectivity index (χ4n) is 3.10. The second-order valence-corrected chi connectivity index (χ2v) is 6.73. The first-order valence-electron chi connectivity index (χ1n) is 9.84. The third-order valence-corrected chi connectivity index (χ3v) is 4.58. The Morgan fingerprint density at radius 1 is 1.41 bits per heavy atom. The number of esters is 1. The van der Waals surface area contributed by atoms with E-state index in [-0.39, 0.29) is 12.1 Å². The van der Waals surface area contributed by atoms with E-state index in [2.05, 4.69) is 27.0 Å². The molecule has 0 bridgehead atoms. The number of nitrogens with zero attached hydrogens (tertiary/aromatic N) is 4. The number of carbonyl (C=O) groups excluding carboxylic acids is 1. The molecule has 0 spiro atoms. The van der Waals surface area contributed by atoms with Gasteiger partial charge in [-0.2, -0.15) is 5.10 Å². The lowest BCUT2D eigenvalue weighted by Gasteiger charge is -2.34. The minimum atomic E-state index is -0.127. The van der Waals surface area contributed by atoms with Crippen LogP contribution in [-0.2, 0) is 21.3 Å². The highest BCUT2D eigenvalue weighted by molar-refractivity contribution is 5.80. The summed E-state index contributed by atoms with van der Waals surface area (Å²) in [6.45, 7) is 6.00. The Hall–Kier alpha value is -2.09. The van der Waals surface area contributed by atoms with Gasteiger partial charge >= 0.3 is 5.97 Å². The third kappa shape index (κ3) is 7.21. The van der Waals surface area contributed by atoms with Crippen molar-refractivity contribution >= 4 is 11.9 Å². The number of ether oxygens (including phenoxy) is 2. The lowest BCUT2D eigenvalue weighted by atomic mass is 10.1. The maximum atomic E-state index is 11.1. The highest BCUT2D eigenvalue weighted by Crippen LogP contribution is 2.21. The molecule has 8 nitrogen and oxygen atoms in total. The van der Waals surface area contributed by atoms with Crippen LogP contribution in [0.1, 0.15) is 50.7 Å².